The van der Waals surface area contributed by atoms with E-state index in [4.69, 9.17) is 17.5 Å². The zero-order valence-electron chi connectivity index (χ0n) is 15.0. The molecule has 5 rings (SSSR count). The minimum atomic E-state index is -4.67. The van der Waals surface area contributed by atoms with Crippen LogP contribution in [0.15, 0.2) is 48.5 Å². The van der Waals surface area contributed by atoms with Crippen LogP contribution in [0.25, 0.3) is 24.3 Å². The van der Waals surface area contributed by atoms with E-state index in [1.165, 1.54) is 0 Å². The Morgan fingerprint density at radius 3 is 0.966 bits per heavy atom. The van der Waals surface area contributed by atoms with Gasteiger partial charge in [-0.2, -0.15) is 8.42 Å². The number of hydrogen-bond donors (Lipinski definition) is 6. The number of aromatic nitrogens is 4. The van der Waals surface area contributed by atoms with Crippen molar-refractivity contribution in [2.45, 2.75) is 0 Å². The van der Waals surface area contributed by atoms with Gasteiger partial charge in [0, 0.05) is 44.2 Å². The van der Waals surface area contributed by atoms with Gasteiger partial charge in [0.2, 0.25) is 0 Å². The van der Waals surface area contributed by atoms with E-state index in [2.05, 4.69) is 92.8 Å². The summed E-state index contributed by atoms with van der Waals surface area (Å²) in [5.41, 5.74) is 4.29. The smallest absolute Gasteiger partial charge is 0.355 e. The molecule has 29 heavy (non-hydrogen) atoms. The molecule has 0 saturated carbocycles. The number of aromatic amines is 4. The largest absolute Gasteiger partial charge is 0.394 e. The van der Waals surface area contributed by atoms with Crippen molar-refractivity contribution in [3.8, 4) is 0 Å². The fourth-order valence-corrected chi connectivity index (χ4v) is 3.06. The molecule has 0 amide bonds. The summed E-state index contributed by atoms with van der Waals surface area (Å²) in [6.07, 6.45) is 8.42. The lowest BCUT2D eigenvalue weighted by Crippen LogP contribution is -2.10. The van der Waals surface area contributed by atoms with E-state index in [-0.39, 0.29) is 0 Å². The summed E-state index contributed by atoms with van der Waals surface area (Å²) >= 11 is 0. The van der Waals surface area contributed by atoms with Crippen LogP contribution in [0.2, 0.25) is 0 Å². The Hall–Kier alpha value is -3.53. The monoisotopic (exact) mass is 410 g/mol. The molecule has 0 atom stereocenters. The Bertz CT molecular complexity index is 1300. The quantitative estimate of drug-likeness (QED) is 0.200. The van der Waals surface area contributed by atoms with Crippen LogP contribution >= 0.6 is 0 Å². The van der Waals surface area contributed by atoms with E-state index in [0.29, 0.717) is 0 Å². The minimum Gasteiger partial charge on any atom is -0.355 e. The Kier molecular flexibility index (Phi) is 4.85. The molecule has 8 nitrogen and oxygen atoms in total. The van der Waals surface area contributed by atoms with Crippen LogP contribution in [0.1, 0.15) is 22.8 Å². The van der Waals surface area contributed by atoms with Gasteiger partial charge in [0.25, 0.3) is 0 Å². The molecular weight excluding hydrogens is 392 g/mol. The van der Waals surface area contributed by atoms with Gasteiger partial charge in [-0.1, -0.05) is 0 Å². The summed E-state index contributed by atoms with van der Waals surface area (Å²) in [4.78, 5) is 13.7. The molecule has 0 unspecified atom stereocenters. The number of fused-ring (bicyclic) bond motifs is 8. The first kappa shape index (κ1) is 18.8. The van der Waals surface area contributed by atoms with E-state index < -0.39 is 10.4 Å². The van der Waals surface area contributed by atoms with Crippen LogP contribution in [0.5, 0.6) is 0 Å². The maximum atomic E-state index is 8.74. The van der Waals surface area contributed by atoms with Gasteiger partial charge >= 0.3 is 10.4 Å². The molecule has 0 aliphatic carbocycles. The fraction of sp³-hybridized carbons (Fsp3) is 0. The molecule has 0 fully saturated rings. The molecular formula is C20H18N4O4S. The first-order valence-corrected chi connectivity index (χ1v) is 10.0. The first-order chi connectivity index (χ1) is 13.8. The van der Waals surface area contributed by atoms with Crippen molar-refractivity contribution < 1.29 is 17.5 Å². The maximum absolute atomic E-state index is 8.74. The van der Waals surface area contributed by atoms with Crippen LogP contribution in [0.3, 0.4) is 0 Å². The Morgan fingerprint density at radius 2 is 0.724 bits per heavy atom. The highest BCUT2D eigenvalue weighted by Gasteiger charge is 1.97. The lowest BCUT2D eigenvalue weighted by atomic mass is 10.3. The second-order valence-corrected chi connectivity index (χ2v) is 7.40. The van der Waals surface area contributed by atoms with Gasteiger partial charge in [-0.15, -0.1) is 0 Å². The van der Waals surface area contributed by atoms with Gasteiger partial charge in [0.1, 0.15) is 0 Å². The second-order valence-electron chi connectivity index (χ2n) is 6.50. The van der Waals surface area contributed by atoms with Crippen LogP contribution in [-0.4, -0.2) is 37.5 Å². The van der Waals surface area contributed by atoms with Crippen LogP contribution in [0, 0.1) is 0 Å². The summed E-state index contributed by atoms with van der Waals surface area (Å²) in [6.45, 7) is 0. The van der Waals surface area contributed by atoms with Gasteiger partial charge < -0.3 is 19.9 Å². The maximum Gasteiger partial charge on any atom is 0.394 e. The summed E-state index contributed by atoms with van der Waals surface area (Å²) in [6, 6.07) is 16.7. The third-order valence-electron chi connectivity index (χ3n) is 4.17. The minimum absolute atomic E-state index is 1.07. The molecule has 0 radical (unpaired) electrons. The Balaban J connectivity index is 0.000000369. The molecule has 1 aliphatic rings. The Morgan fingerprint density at radius 1 is 0.483 bits per heavy atom. The SMILES string of the molecule is C1=c2ccc([nH]2)=Cc2ccc([nH]2)C=c2ccc([nH]2)=Cc2ccc1[nH]2.O=S(=O)(O)O. The predicted molar refractivity (Wildman–Crippen MR) is 110 cm³/mol. The molecule has 148 valence electrons. The van der Waals surface area contributed by atoms with Crippen molar-refractivity contribution in [2.75, 3.05) is 0 Å². The van der Waals surface area contributed by atoms with Crippen molar-refractivity contribution in [3.05, 3.63) is 92.7 Å². The fourth-order valence-electron chi connectivity index (χ4n) is 3.06. The van der Waals surface area contributed by atoms with Crippen molar-refractivity contribution in [1.82, 2.24) is 19.9 Å². The van der Waals surface area contributed by atoms with Gasteiger partial charge in [-0.25, -0.2) is 0 Å². The van der Waals surface area contributed by atoms with Gasteiger partial charge in [-0.3, -0.25) is 9.11 Å². The predicted octanol–water partition coefficient (Wildman–Crippen LogP) is -0.0252. The van der Waals surface area contributed by atoms with E-state index in [1.807, 2.05) is 0 Å². The number of nitrogens with one attached hydrogen (secondary N) is 4. The zero-order chi connectivity index (χ0) is 20.4. The number of rotatable bonds is 0. The van der Waals surface area contributed by atoms with Crippen molar-refractivity contribution >= 4 is 34.7 Å². The van der Waals surface area contributed by atoms with Gasteiger partial charge in [-0.05, 0) is 72.8 Å². The molecule has 6 N–H and O–H groups in total. The first-order valence-electron chi connectivity index (χ1n) is 8.65. The van der Waals surface area contributed by atoms with Crippen LogP contribution in [0.4, 0.5) is 0 Å². The molecule has 0 saturated heterocycles. The van der Waals surface area contributed by atoms with Gasteiger partial charge in [0.05, 0.1) is 0 Å². The second kappa shape index (κ2) is 7.47. The highest BCUT2D eigenvalue weighted by atomic mass is 32.3. The number of H-pyrrole nitrogens is 4. The lowest BCUT2D eigenvalue weighted by molar-refractivity contribution is 0.381. The summed E-state index contributed by atoms with van der Waals surface area (Å²) in [7, 11) is -4.67. The van der Waals surface area contributed by atoms with E-state index in [0.717, 1.165) is 44.2 Å². The average Bonchev–Trinajstić information content (AvgIpc) is 3.38. The molecule has 4 aromatic rings. The van der Waals surface area contributed by atoms with Crippen molar-refractivity contribution in [2.24, 2.45) is 0 Å². The third kappa shape index (κ3) is 5.26. The number of hydrogen-bond acceptors (Lipinski definition) is 2. The highest BCUT2D eigenvalue weighted by Crippen LogP contribution is 2.04. The molecule has 1 aliphatic heterocycles. The molecule has 4 aromatic heterocycles. The Labute approximate surface area is 165 Å². The molecule has 9 heteroatoms. The standard InChI is InChI=1S/C20H16N4.H2O4S/c1-2-14-10-16-5-6-18(23-16)12-20-8-7-19(24-20)11-17-4-3-15(22-17)9-13(1)21-14;1-5(2,3)4/h1-12,21-24H;(H2,1,2,3,4). The summed E-state index contributed by atoms with van der Waals surface area (Å²) in [5.74, 6) is 0. The molecule has 0 spiro atoms. The summed E-state index contributed by atoms with van der Waals surface area (Å²) < 4.78 is 31.6. The van der Waals surface area contributed by atoms with E-state index in [9.17, 15) is 0 Å². The molecule has 5 heterocycles. The topological polar surface area (TPSA) is 138 Å². The average molecular weight is 410 g/mol. The van der Waals surface area contributed by atoms with Crippen LogP contribution in [-0.2, 0) is 10.4 Å². The third-order valence-corrected chi connectivity index (χ3v) is 4.17. The van der Waals surface area contributed by atoms with Gasteiger partial charge in [0.15, 0.2) is 0 Å². The summed E-state index contributed by atoms with van der Waals surface area (Å²) in [5, 5.41) is 4.29. The van der Waals surface area contributed by atoms with Crippen molar-refractivity contribution in [1.29, 1.82) is 0 Å². The highest BCUT2D eigenvalue weighted by molar-refractivity contribution is 7.79. The normalized spacial score (nSPS) is 12.5. The van der Waals surface area contributed by atoms with Crippen LogP contribution < -0.4 is 21.4 Å². The lowest BCUT2D eigenvalue weighted by Gasteiger charge is -1.88. The zero-order valence-corrected chi connectivity index (χ0v) is 15.9. The molecule has 8 bridgehead atoms. The van der Waals surface area contributed by atoms with E-state index >= 15 is 0 Å². The van der Waals surface area contributed by atoms with Crippen molar-refractivity contribution in [3.63, 3.8) is 0 Å². The van der Waals surface area contributed by atoms with E-state index in [1.54, 1.807) is 0 Å². The molecule has 0 aromatic carbocycles.